The summed E-state index contributed by atoms with van der Waals surface area (Å²) in [4.78, 5) is 0. The van der Waals surface area contributed by atoms with Gasteiger partial charge in [-0.25, -0.2) is 8.42 Å². The lowest BCUT2D eigenvalue weighted by atomic mass is 11.3. The van der Waals surface area contributed by atoms with Gasteiger partial charge in [-0.05, 0) is 11.7 Å². The van der Waals surface area contributed by atoms with E-state index < -0.39 is 9.84 Å². The molecule has 0 saturated heterocycles. The van der Waals surface area contributed by atoms with Gasteiger partial charge in [0, 0.05) is 11.7 Å². The Morgan fingerprint density at radius 2 is 2.00 bits per heavy atom. The van der Waals surface area contributed by atoms with Gasteiger partial charge in [-0.3, -0.25) is 0 Å². The molecule has 4 heteroatoms. The average Bonchev–Trinajstić information content (AvgIpc) is 1.59. The normalized spacial score (nSPS) is 12.8. The Morgan fingerprint density at radius 1 is 1.50 bits per heavy atom. The van der Waals surface area contributed by atoms with Crippen molar-refractivity contribution >= 4 is 21.6 Å². The predicted octanol–water partition coefficient (Wildman–Crippen LogP) is 0.865. The first-order valence-electron chi connectivity index (χ1n) is 1.95. The number of thioether (sulfide) groups is 1. The Balaban J connectivity index is 3.92. The first-order chi connectivity index (χ1) is 3.56. The molecule has 0 aromatic carbocycles. The van der Waals surface area contributed by atoms with Crippen molar-refractivity contribution in [3.05, 3.63) is 10.8 Å². The van der Waals surface area contributed by atoms with Crippen LogP contribution in [0.5, 0.6) is 0 Å². The molecule has 0 amide bonds. The molecule has 0 spiro atoms. The number of rotatable bonds is 2. The molecule has 8 heavy (non-hydrogen) atoms. The molecule has 0 aliphatic heterocycles. The van der Waals surface area contributed by atoms with Crippen LogP contribution < -0.4 is 0 Å². The van der Waals surface area contributed by atoms with Crippen molar-refractivity contribution in [3.8, 4) is 0 Å². The van der Waals surface area contributed by atoms with E-state index in [9.17, 15) is 8.42 Å². The van der Waals surface area contributed by atoms with Gasteiger partial charge < -0.3 is 0 Å². The zero-order valence-electron chi connectivity index (χ0n) is 4.79. The minimum Gasteiger partial charge on any atom is -0.225 e. The Morgan fingerprint density at radius 3 is 2.12 bits per heavy atom. The van der Waals surface area contributed by atoms with Crippen LogP contribution in [0.15, 0.2) is 10.8 Å². The highest BCUT2D eigenvalue weighted by molar-refractivity contribution is 8.02. The molecular formula is C4H8O2S2. The maximum absolute atomic E-state index is 10.3. The van der Waals surface area contributed by atoms with E-state index in [2.05, 4.69) is 0 Å². The van der Waals surface area contributed by atoms with Gasteiger partial charge in [0.05, 0.1) is 0 Å². The molecule has 0 fully saturated rings. The van der Waals surface area contributed by atoms with Gasteiger partial charge in [-0.1, -0.05) is 0 Å². The molecule has 0 aromatic rings. The van der Waals surface area contributed by atoms with E-state index in [-0.39, 0.29) is 0 Å². The summed E-state index contributed by atoms with van der Waals surface area (Å²) in [7, 11) is -2.89. The van der Waals surface area contributed by atoms with Crippen molar-refractivity contribution in [1.29, 1.82) is 0 Å². The maximum Gasteiger partial charge on any atom is 0.169 e. The highest BCUT2D eigenvalue weighted by atomic mass is 32.2. The highest BCUT2D eigenvalue weighted by Gasteiger charge is 1.89. The number of sulfone groups is 1. The largest absolute Gasteiger partial charge is 0.225 e. The molecule has 0 saturated carbocycles. The summed E-state index contributed by atoms with van der Waals surface area (Å²) in [5.41, 5.74) is 0. The number of hydrogen-bond donors (Lipinski definition) is 0. The summed E-state index contributed by atoms with van der Waals surface area (Å²) in [5.74, 6) is 0. The second-order valence-corrected chi connectivity index (χ2v) is 4.01. The van der Waals surface area contributed by atoms with Gasteiger partial charge in [-0.15, -0.1) is 11.8 Å². The van der Waals surface area contributed by atoms with E-state index in [1.807, 2.05) is 6.26 Å². The van der Waals surface area contributed by atoms with Gasteiger partial charge in [-0.2, -0.15) is 0 Å². The van der Waals surface area contributed by atoms with Crippen LogP contribution in [-0.2, 0) is 9.84 Å². The van der Waals surface area contributed by atoms with Crippen LogP contribution in [0.25, 0.3) is 0 Å². The SMILES string of the molecule is CS/C=C/S(C)(=O)=O. The predicted molar refractivity (Wildman–Crippen MR) is 37.5 cm³/mol. The molecule has 2 nitrogen and oxygen atoms in total. The quantitative estimate of drug-likeness (QED) is 0.588. The molecule has 0 bridgehead atoms. The van der Waals surface area contributed by atoms with E-state index in [1.54, 1.807) is 0 Å². The van der Waals surface area contributed by atoms with Gasteiger partial charge in [0.2, 0.25) is 0 Å². The van der Waals surface area contributed by atoms with E-state index >= 15 is 0 Å². The van der Waals surface area contributed by atoms with E-state index in [4.69, 9.17) is 0 Å². The van der Waals surface area contributed by atoms with Crippen molar-refractivity contribution in [2.24, 2.45) is 0 Å². The monoisotopic (exact) mass is 152 g/mol. The second-order valence-electron chi connectivity index (χ2n) is 1.34. The summed E-state index contributed by atoms with van der Waals surface area (Å²) in [6.07, 6.45) is 2.97. The lowest BCUT2D eigenvalue weighted by Crippen LogP contribution is -1.86. The Bertz CT molecular complexity index is 166. The van der Waals surface area contributed by atoms with Crippen molar-refractivity contribution in [3.63, 3.8) is 0 Å². The van der Waals surface area contributed by atoms with Gasteiger partial charge in [0.1, 0.15) is 0 Å². The Labute approximate surface area is 53.9 Å². The third-order valence-corrected chi connectivity index (χ3v) is 1.65. The van der Waals surface area contributed by atoms with Crippen molar-refractivity contribution in [2.45, 2.75) is 0 Å². The molecule has 0 atom stereocenters. The molecule has 0 aliphatic carbocycles. The Hall–Kier alpha value is 0.0400. The van der Waals surface area contributed by atoms with Crippen LogP contribution >= 0.6 is 11.8 Å². The smallest absolute Gasteiger partial charge is 0.169 e. The summed E-state index contributed by atoms with van der Waals surface area (Å²) in [6.45, 7) is 0. The van der Waals surface area contributed by atoms with Crippen LogP contribution in [0.4, 0.5) is 0 Å². The zero-order chi connectivity index (χ0) is 6.62. The third kappa shape index (κ3) is 6.04. The summed E-state index contributed by atoms with van der Waals surface area (Å²) in [5, 5.41) is 2.72. The standard InChI is InChI=1S/C4H8O2S2/c1-7-3-4-8(2,5)6/h3-4H,1-2H3/b4-3+. The topological polar surface area (TPSA) is 34.1 Å². The van der Waals surface area contributed by atoms with Crippen LogP contribution in [0, 0.1) is 0 Å². The average molecular weight is 152 g/mol. The van der Waals surface area contributed by atoms with E-state index in [0.29, 0.717) is 0 Å². The van der Waals surface area contributed by atoms with Gasteiger partial charge >= 0.3 is 0 Å². The molecule has 0 unspecified atom stereocenters. The fourth-order valence-corrected chi connectivity index (χ4v) is 1.41. The lowest BCUT2D eigenvalue weighted by molar-refractivity contribution is 0.610. The molecule has 0 N–H and O–H groups in total. The fourth-order valence-electron chi connectivity index (χ4n) is 0.156. The Kier molecular flexibility index (Phi) is 3.16. The first kappa shape index (κ1) is 8.04. The minimum absolute atomic E-state index is 1.17. The third-order valence-electron chi connectivity index (χ3n) is 0.439. The highest BCUT2D eigenvalue weighted by Crippen LogP contribution is 1.95. The van der Waals surface area contributed by atoms with E-state index in [0.717, 1.165) is 0 Å². The second kappa shape index (κ2) is 3.14. The number of hydrogen-bond acceptors (Lipinski definition) is 3. The summed E-state index contributed by atoms with van der Waals surface area (Å²) >= 11 is 1.37. The zero-order valence-corrected chi connectivity index (χ0v) is 6.42. The molecule has 0 heterocycles. The van der Waals surface area contributed by atoms with Crippen molar-refractivity contribution < 1.29 is 8.42 Å². The first-order valence-corrected chi connectivity index (χ1v) is 5.20. The molecule has 0 aromatic heterocycles. The molecule has 48 valence electrons. The summed E-state index contributed by atoms with van der Waals surface area (Å²) < 4.78 is 20.6. The fraction of sp³-hybridized carbons (Fsp3) is 0.500. The molecular weight excluding hydrogens is 144 g/mol. The van der Waals surface area contributed by atoms with Gasteiger partial charge in [0.25, 0.3) is 0 Å². The molecule has 0 radical (unpaired) electrons. The van der Waals surface area contributed by atoms with Crippen molar-refractivity contribution in [2.75, 3.05) is 12.5 Å². The van der Waals surface area contributed by atoms with Crippen LogP contribution in [0.3, 0.4) is 0 Å². The maximum atomic E-state index is 10.3. The van der Waals surface area contributed by atoms with Crippen LogP contribution in [0.1, 0.15) is 0 Å². The van der Waals surface area contributed by atoms with Gasteiger partial charge in [0.15, 0.2) is 9.84 Å². The van der Waals surface area contributed by atoms with Crippen molar-refractivity contribution in [1.82, 2.24) is 0 Å². The summed E-state index contributed by atoms with van der Waals surface area (Å²) in [6, 6.07) is 0. The molecule has 0 aliphatic rings. The molecule has 0 rings (SSSR count). The minimum atomic E-state index is -2.89. The lowest BCUT2D eigenvalue weighted by Gasteiger charge is -1.80. The van der Waals surface area contributed by atoms with Crippen LogP contribution in [0.2, 0.25) is 0 Å². The van der Waals surface area contributed by atoms with E-state index in [1.165, 1.54) is 28.8 Å². The van der Waals surface area contributed by atoms with Crippen LogP contribution in [-0.4, -0.2) is 20.9 Å².